The number of pyridine rings is 1. The number of carbonyl (C=O) groups excluding carboxylic acids is 1. The number of rotatable bonds is 5. The molecule has 0 aliphatic rings. The van der Waals surface area contributed by atoms with E-state index in [4.69, 9.17) is 4.74 Å². The third-order valence-corrected chi connectivity index (χ3v) is 3.82. The van der Waals surface area contributed by atoms with Crippen molar-refractivity contribution in [3.05, 3.63) is 53.3 Å². The molecule has 0 saturated carbocycles. The van der Waals surface area contributed by atoms with Crippen LogP contribution in [0.1, 0.15) is 61.1 Å². The van der Waals surface area contributed by atoms with Gasteiger partial charge in [0.05, 0.1) is 7.11 Å². The molecular formula is C19H24N2O2. The van der Waals surface area contributed by atoms with Gasteiger partial charge in [0.25, 0.3) is 5.91 Å². The Labute approximate surface area is 137 Å². The van der Waals surface area contributed by atoms with Crippen LogP contribution in [0.2, 0.25) is 0 Å². The summed E-state index contributed by atoms with van der Waals surface area (Å²) < 4.78 is 5.24. The second kappa shape index (κ2) is 7.27. The van der Waals surface area contributed by atoms with Crippen molar-refractivity contribution in [1.29, 1.82) is 0 Å². The van der Waals surface area contributed by atoms with Crippen LogP contribution in [-0.4, -0.2) is 18.0 Å². The molecule has 1 N–H and O–H groups in total. The second-order valence-electron chi connectivity index (χ2n) is 6.13. The highest BCUT2D eigenvalue weighted by Gasteiger charge is 2.19. The maximum Gasteiger partial charge on any atom is 0.278 e. The van der Waals surface area contributed by atoms with Crippen molar-refractivity contribution in [3.8, 4) is 5.75 Å². The number of hydrogen-bond acceptors (Lipinski definition) is 3. The highest BCUT2D eigenvalue weighted by molar-refractivity contribution is 6.05. The number of aromatic nitrogens is 1. The first-order valence-corrected chi connectivity index (χ1v) is 7.88. The van der Waals surface area contributed by atoms with Gasteiger partial charge in [-0.2, -0.15) is 0 Å². The molecule has 1 aromatic carbocycles. The average molecular weight is 312 g/mol. The molecule has 0 bridgehead atoms. The van der Waals surface area contributed by atoms with Crippen LogP contribution in [0.25, 0.3) is 0 Å². The van der Waals surface area contributed by atoms with E-state index in [-0.39, 0.29) is 5.91 Å². The summed E-state index contributed by atoms with van der Waals surface area (Å²) in [6.07, 6.45) is 1.59. The Kier molecular flexibility index (Phi) is 5.37. The zero-order chi connectivity index (χ0) is 17.0. The molecular weight excluding hydrogens is 288 g/mol. The number of nitrogens with one attached hydrogen (secondary N) is 1. The zero-order valence-corrected chi connectivity index (χ0v) is 14.4. The third kappa shape index (κ3) is 3.70. The number of para-hydroxylation sites is 1. The average Bonchev–Trinajstić information content (AvgIpc) is 2.54. The molecule has 122 valence electrons. The number of ether oxygens (including phenoxy) is 1. The highest BCUT2D eigenvalue weighted by atomic mass is 16.5. The van der Waals surface area contributed by atoms with E-state index in [1.54, 1.807) is 18.3 Å². The predicted octanol–water partition coefficient (Wildman–Crippen LogP) is 4.59. The summed E-state index contributed by atoms with van der Waals surface area (Å²) in [5, 5.41) is 3.05. The quantitative estimate of drug-likeness (QED) is 0.878. The first kappa shape index (κ1) is 17.0. The molecule has 0 saturated heterocycles. The van der Waals surface area contributed by atoms with E-state index in [0.717, 1.165) is 16.8 Å². The summed E-state index contributed by atoms with van der Waals surface area (Å²) in [5.74, 6) is 0.847. The van der Waals surface area contributed by atoms with E-state index in [2.05, 4.69) is 50.1 Å². The van der Waals surface area contributed by atoms with Gasteiger partial charge in [0, 0.05) is 11.9 Å². The van der Waals surface area contributed by atoms with Gasteiger partial charge < -0.3 is 10.1 Å². The maximum atomic E-state index is 12.7. The molecule has 4 heteroatoms. The lowest BCUT2D eigenvalue weighted by atomic mass is 9.92. The fourth-order valence-corrected chi connectivity index (χ4v) is 2.59. The number of nitrogens with zero attached hydrogens (tertiary/aromatic N) is 1. The van der Waals surface area contributed by atoms with Crippen LogP contribution in [-0.2, 0) is 0 Å². The van der Waals surface area contributed by atoms with Gasteiger partial charge in [-0.3, -0.25) is 4.79 Å². The first-order chi connectivity index (χ1) is 11.0. The zero-order valence-electron chi connectivity index (χ0n) is 14.4. The molecule has 0 aliphatic carbocycles. The van der Waals surface area contributed by atoms with Gasteiger partial charge in [-0.05, 0) is 35.1 Å². The van der Waals surface area contributed by atoms with E-state index in [1.807, 2.05) is 6.07 Å². The number of amides is 1. The number of benzene rings is 1. The summed E-state index contributed by atoms with van der Waals surface area (Å²) in [4.78, 5) is 16.8. The molecule has 0 aliphatic heterocycles. The van der Waals surface area contributed by atoms with Crippen LogP contribution < -0.4 is 10.1 Å². The molecule has 0 atom stereocenters. The molecule has 0 spiro atoms. The fourth-order valence-electron chi connectivity index (χ4n) is 2.59. The molecule has 4 nitrogen and oxygen atoms in total. The van der Waals surface area contributed by atoms with Crippen LogP contribution in [0.4, 0.5) is 5.69 Å². The number of methoxy groups -OCH3 is 1. The number of hydrogen-bond donors (Lipinski definition) is 1. The smallest absolute Gasteiger partial charge is 0.278 e. The minimum absolute atomic E-state index is 0.252. The summed E-state index contributed by atoms with van der Waals surface area (Å²) in [6.45, 7) is 8.49. The van der Waals surface area contributed by atoms with Crippen LogP contribution >= 0.6 is 0 Å². The van der Waals surface area contributed by atoms with Crippen molar-refractivity contribution in [2.24, 2.45) is 0 Å². The van der Waals surface area contributed by atoms with Gasteiger partial charge in [0.2, 0.25) is 0 Å². The predicted molar refractivity (Wildman–Crippen MR) is 93.4 cm³/mol. The minimum Gasteiger partial charge on any atom is -0.494 e. The van der Waals surface area contributed by atoms with Crippen LogP contribution in [0.3, 0.4) is 0 Å². The molecule has 2 aromatic rings. The number of carbonyl (C=O) groups is 1. The fraction of sp³-hybridized carbons (Fsp3) is 0.368. The van der Waals surface area contributed by atoms with E-state index < -0.39 is 0 Å². The Morgan fingerprint density at radius 3 is 2.17 bits per heavy atom. The van der Waals surface area contributed by atoms with Gasteiger partial charge in [-0.15, -0.1) is 0 Å². The highest BCUT2D eigenvalue weighted by Crippen LogP contribution is 2.33. The first-order valence-electron chi connectivity index (χ1n) is 7.88. The van der Waals surface area contributed by atoms with Gasteiger partial charge in [-0.25, -0.2) is 4.98 Å². The maximum absolute atomic E-state index is 12.7. The van der Waals surface area contributed by atoms with Crippen molar-refractivity contribution in [1.82, 2.24) is 4.98 Å². The topological polar surface area (TPSA) is 51.2 Å². The van der Waals surface area contributed by atoms with Crippen LogP contribution in [0.15, 0.2) is 36.5 Å². The Balaban J connectivity index is 2.44. The van der Waals surface area contributed by atoms with E-state index in [0.29, 0.717) is 23.3 Å². The van der Waals surface area contributed by atoms with E-state index in [9.17, 15) is 4.79 Å². The molecule has 23 heavy (non-hydrogen) atoms. The molecule has 0 radical (unpaired) electrons. The Bertz CT molecular complexity index is 667. The lowest BCUT2D eigenvalue weighted by Crippen LogP contribution is -2.18. The standard InChI is InChI=1S/C19H24N2O2/c1-12(2)14-8-6-9-15(13(3)4)17(14)21-19(22)18-16(23-5)10-7-11-20-18/h6-13H,1-5H3,(H,21,22). The monoisotopic (exact) mass is 312 g/mol. The SMILES string of the molecule is COc1cccnc1C(=O)Nc1c(C(C)C)cccc1C(C)C. The van der Waals surface area contributed by atoms with Gasteiger partial charge >= 0.3 is 0 Å². The molecule has 2 rings (SSSR count). The molecule has 0 unspecified atom stereocenters. The Hall–Kier alpha value is -2.36. The van der Waals surface area contributed by atoms with Crippen molar-refractivity contribution >= 4 is 11.6 Å². The van der Waals surface area contributed by atoms with E-state index in [1.165, 1.54) is 7.11 Å². The van der Waals surface area contributed by atoms with Crippen molar-refractivity contribution in [2.45, 2.75) is 39.5 Å². The Morgan fingerprint density at radius 2 is 1.65 bits per heavy atom. The van der Waals surface area contributed by atoms with Gasteiger partial charge in [0.15, 0.2) is 5.69 Å². The normalized spacial score (nSPS) is 10.9. The summed E-state index contributed by atoms with van der Waals surface area (Å²) in [6, 6.07) is 9.64. The minimum atomic E-state index is -0.252. The van der Waals surface area contributed by atoms with Crippen molar-refractivity contribution in [2.75, 3.05) is 12.4 Å². The van der Waals surface area contributed by atoms with Crippen LogP contribution in [0.5, 0.6) is 5.75 Å². The summed E-state index contributed by atoms with van der Waals surface area (Å²) >= 11 is 0. The molecule has 1 heterocycles. The van der Waals surface area contributed by atoms with Gasteiger partial charge in [-0.1, -0.05) is 45.9 Å². The molecule has 0 fully saturated rings. The number of anilines is 1. The van der Waals surface area contributed by atoms with Crippen molar-refractivity contribution < 1.29 is 9.53 Å². The summed E-state index contributed by atoms with van der Waals surface area (Å²) in [5.41, 5.74) is 3.43. The van der Waals surface area contributed by atoms with Crippen molar-refractivity contribution in [3.63, 3.8) is 0 Å². The van der Waals surface area contributed by atoms with E-state index >= 15 is 0 Å². The van der Waals surface area contributed by atoms with Crippen LogP contribution in [0, 0.1) is 0 Å². The largest absolute Gasteiger partial charge is 0.494 e. The Morgan fingerprint density at radius 1 is 1.04 bits per heavy atom. The second-order valence-corrected chi connectivity index (χ2v) is 6.13. The summed E-state index contributed by atoms with van der Waals surface area (Å²) in [7, 11) is 1.54. The lowest BCUT2D eigenvalue weighted by molar-refractivity contribution is 0.101. The molecule has 1 amide bonds. The molecule has 1 aromatic heterocycles. The third-order valence-electron chi connectivity index (χ3n) is 3.82. The van der Waals surface area contributed by atoms with Gasteiger partial charge in [0.1, 0.15) is 5.75 Å². The lowest BCUT2D eigenvalue weighted by Gasteiger charge is -2.20.